The van der Waals surface area contributed by atoms with E-state index in [2.05, 4.69) is 10.4 Å². The first kappa shape index (κ1) is 18.4. The van der Waals surface area contributed by atoms with Gasteiger partial charge in [0.15, 0.2) is 0 Å². The molecule has 3 aromatic rings. The van der Waals surface area contributed by atoms with Crippen LogP contribution >= 0.6 is 0 Å². The molecule has 1 aromatic heterocycles. The van der Waals surface area contributed by atoms with Gasteiger partial charge in [0.2, 0.25) is 11.9 Å². The quantitative estimate of drug-likeness (QED) is 0.758. The van der Waals surface area contributed by atoms with Crippen LogP contribution in [0.3, 0.4) is 0 Å². The first-order valence-electron chi connectivity index (χ1n) is 7.89. The summed E-state index contributed by atoms with van der Waals surface area (Å²) in [5.41, 5.74) is 2.04. The number of hydrogen-bond acceptors (Lipinski definition) is 4. The molecule has 3 rings (SSSR count). The molecule has 0 bridgehead atoms. The number of amides is 1. The average Bonchev–Trinajstić information content (AvgIpc) is 2.56. The zero-order valence-electron chi connectivity index (χ0n) is 14.5. The van der Waals surface area contributed by atoms with Crippen LogP contribution in [0.5, 0.6) is 0 Å². The molecule has 0 saturated heterocycles. The summed E-state index contributed by atoms with van der Waals surface area (Å²) < 4.78 is 40.9. The summed E-state index contributed by atoms with van der Waals surface area (Å²) in [6.07, 6.45) is -0.366. The Morgan fingerprint density at radius 3 is 2.37 bits per heavy atom. The molecule has 1 amide bonds. The van der Waals surface area contributed by atoms with E-state index in [0.717, 1.165) is 22.9 Å². The van der Waals surface area contributed by atoms with Crippen LogP contribution in [-0.4, -0.2) is 29.7 Å². The Labute approximate surface area is 151 Å². The van der Waals surface area contributed by atoms with Crippen molar-refractivity contribution in [3.8, 4) is 0 Å². The summed E-state index contributed by atoms with van der Waals surface area (Å²) in [6, 6.07) is 6.29. The van der Waals surface area contributed by atoms with Crippen LogP contribution in [0, 0.1) is 17.5 Å². The van der Waals surface area contributed by atoms with Gasteiger partial charge in [-0.3, -0.25) is 15.0 Å². The number of rotatable bonds is 4. The van der Waals surface area contributed by atoms with Gasteiger partial charge in [0.05, 0.1) is 17.3 Å². The lowest BCUT2D eigenvalue weighted by Gasteiger charge is -2.19. The number of anilines is 1. The Hall–Kier alpha value is -3.36. The zero-order chi connectivity index (χ0) is 19.7. The van der Waals surface area contributed by atoms with Crippen molar-refractivity contribution in [3.63, 3.8) is 0 Å². The number of nitrogens with zero attached hydrogens (tertiary/aromatic N) is 3. The highest BCUT2D eigenvalue weighted by Crippen LogP contribution is 2.14. The Morgan fingerprint density at radius 1 is 1.07 bits per heavy atom. The third-order valence-corrected chi connectivity index (χ3v) is 3.74. The van der Waals surface area contributed by atoms with Crippen LogP contribution in [0.2, 0.25) is 0 Å². The van der Waals surface area contributed by atoms with Gasteiger partial charge in [0.1, 0.15) is 17.5 Å². The fourth-order valence-corrected chi connectivity index (χ4v) is 2.61. The van der Waals surface area contributed by atoms with Crippen LogP contribution in [0.15, 0.2) is 41.2 Å². The lowest BCUT2D eigenvalue weighted by molar-refractivity contribution is -0.116. The molecule has 0 aliphatic rings. The van der Waals surface area contributed by atoms with E-state index in [1.807, 2.05) is 0 Å². The maximum atomic E-state index is 13.5. The van der Waals surface area contributed by atoms with Crippen LogP contribution in [0.4, 0.5) is 19.1 Å². The van der Waals surface area contributed by atoms with Gasteiger partial charge in [-0.15, -0.1) is 0 Å². The maximum absolute atomic E-state index is 13.5. The first-order valence-corrected chi connectivity index (χ1v) is 7.89. The Kier molecular flexibility index (Phi) is 4.85. The largest absolute Gasteiger partial charge is 0.347 e. The van der Waals surface area contributed by atoms with Crippen molar-refractivity contribution in [3.05, 3.63) is 69.8 Å². The summed E-state index contributed by atoms with van der Waals surface area (Å²) in [7, 11) is 3.23. The molecule has 0 atom stereocenters. The third kappa shape index (κ3) is 3.91. The van der Waals surface area contributed by atoms with E-state index >= 15 is 0 Å². The molecule has 9 heteroatoms. The molecule has 27 heavy (non-hydrogen) atoms. The maximum Gasteiger partial charge on any atom is 0.281 e. The van der Waals surface area contributed by atoms with Crippen molar-refractivity contribution in [1.82, 2.24) is 9.66 Å². The molecule has 0 fully saturated rings. The molecule has 140 valence electrons. The summed E-state index contributed by atoms with van der Waals surface area (Å²) >= 11 is 0. The smallest absolute Gasteiger partial charge is 0.281 e. The number of benzene rings is 2. The molecule has 0 radical (unpaired) electrons. The summed E-state index contributed by atoms with van der Waals surface area (Å²) in [4.78, 5) is 30.7. The van der Waals surface area contributed by atoms with Gasteiger partial charge in [-0.2, -0.15) is 4.68 Å². The number of nitrogens with one attached hydrogen (secondary N) is 1. The summed E-state index contributed by atoms with van der Waals surface area (Å²) in [5.74, 6) is -2.83. The van der Waals surface area contributed by atoms with Crippen molar-refractivity contribution in [1.29, 1.82) is 0 Å². The molecular weight excluding hydrogens is 361 g/mol. The minimum Gasteiger partial charge on any atom is -0.347 e. The van der Waals surface area contributed by atoms with Gasteiger partial charge in [-0.05, 0) is 35.9 Å². The van der Waals surface area contributed by atoms with Gasteiger partial charge in [0.25, 0.3) is 5.56 Å². The minimum absolute atomic E-state index is 0.0160. The highest BCUT2D eigenvalue weighted by molar-refractivity contribution is 5.87. The average molecular weight is 376 g/mol. The molecule has 1 N–H and O–H groups in total. The van der Waals surface area contributed by atoms with Crippen LogP contribution < -0.4 is 15.9 Å². The van der Waals surface area contributed by atoms with Crippen molar-refractivity contribution in [2.45, 2.75) is 6.42 Å². The molecule has 0 saturated carbocycles. The van der Waals surface area contributed by atoms with Crippen molar-refractivity contribution >= 4 is 22.8 Å². The van der Waals surface area contributed by atoms with Gasteiger partial charge in [-0.25, -0.2) is 18.2 Å². The molecule has 1 heterocycles. The second-order valence-electron chi connectivity index (χ2n) is 6.10. The minimum atomic E-state index is -0.813. The second-order valence-corrected chi connectivity index (χ2v) is 6.10. The third-order valence-electron chi connectivity index (χ3n) is 3.74. The number of halogens is 3. The number of hydrogen-bond donors (Lipinski definition) is 1. The summed E-state index contributed by atoms with van der Waals surface area (Å²) in [6.45, 7) is 0. The number of carbonyl (C=O) groups is 1. The topological polar surface area (TPSA) is 67.2 Å². The molecule has 0 aliphatic carbocycles. The highest BCUT2D eigenvalue weighted by Gasteiger charge is 2.16. The number of fused-ring (bicyclic) bond motifs is 1. The normalized spacial score (nSPS) is 10.9. The predicted octanol–water partition coefficient (Wildman–Crippen LogP) is 2.19. The van der Waals surface area contributed by atoms with Crippen molar-refractivity contribution < 1.29 is 18.0 Å². The lowest BCUT2D eigenvalue weighted by Crippen LogP contribution is -2.38. The van der Waals surface area contributed by atoms with E-state index in [1.165, 1.54) is 17.0 Å². The monoisotopic (exact) mass is 376 g/mol. The van der Waals surface area contributed by atoms with Gasteiger partial charge >= 0.3 is 0 Å². The fraction of sp³-hybridized carbons (Fsp3) is 0.167. The van der Waals surface area contributed by atoms with Crippen molar-refractivity contribution in [2.24, 2.45) is 0 Å². The zero-order valence-corrected chi connectivity index (χ0v) is 14.5. The van der Waals surface area contributed by atoms with Gasteiger partial charge < -0.3 is 4.90 Å². The Morgan fingerprint density at radius 2 is 1.74 bits per heavy atom. The molecule has 2 aromatic carbocycles. The van der Waals surface area contributed by atoms with E-state index in [0.29, 0.717) is 6.07 Å². The number of aromatic nitrogens is 2. The SMILES string of the molecule is CN(C)c1nc2ccc(F)cc2c(=O)n1NC(=O)Cc1cc(F)cc(F)c1. The van der Waals surface area contributed by atoms with E-state index in [-0.39, 0.29) is 28.8 Å². The molecule has 0 spiro atoms. The predicted molar refractivity (Wildman–Crippen MR) is 94.7 cm³/mol. The van der Waals surface area contributed by atoms with E-state index < -0.39 is 28.9 Å². The van der Waals surface area contributed by atoms with Crippen molar-refractivity contribution in [2.75, 3.05) is 24.4 Å². The second kappa shape index (κ2) is 7.10. The van der Waals surface area contributed by atoms with Crippen LogP contribution in [0.1, 0.15) is 5.56 Å². The first-order chi connectivity index (χ1) is 12.7. The Bertz CT molecular complexity index is 1080. The van der Waals surface area contributed by atoms with Crippen LogP contribution in [-0.2, 0) is 11.2 Å². The standard InChI is InChI=1S/C18H15F3N4O2/c1-24(2)18-22-15-4-3-11(19)9-14(15)17(27)25(18)23-16(26)7-10-5-12(20)8-13(21)6-10/h3-6,8-9H,7H2,1-2H3,(H,23,26). The number of carbonyl (C=O) groups excluding carboxylic acids is 1. The van der Waals surface area contributed by atoms with E-state index in [4.69, 9.17) is 0 Å². The fourth-order valence-electron chi connectivity index (χ4n) is 2.61. The highest BCUT2D eigenvalue weighted by atomic mass is 19.1. The Balaban J connectivity index is 1.99. The summed E-state index contributed by atoms with van der Waals surface area (Å²) in [5, 5.41) is -0.0160. The molecule has 0 unspecified atom stereocenters. The molecule has 6 nitrogen and oxygen atoms in total. The molecule has 0 aliphatic heterocycles. The van der Waals surface area contributed by atoms with E-state index in [9.17, 15) is 22.8 Å². The van der Waals surface area contributed by atoms with Gasteiger partial charge in [-0.1, -0.05) is 0 Å². The molecular formula is C18H15F3N4O2. The van der Waals surface area contributed by atoms with Crippen LogP contribution in [0.25, 0.3) is 10.9 Å². The van der Waals surface area contributed by atoms with E-state index in [1.54, 1.807) is 14.1 Å². The van der Waals surface area contributed by atoms with Gasteiger partial charge in [0, 0.05) is 20.2 Å². The lowest BCUT2D eigenvalue weighted by atomic mass is 10.1.